The number of hydrogen-bond acceptors (Lipinski definition) is 5. The van der Waals surface area contributed by atoms with Gasteiger partial charge in [-0.25, -0.2) is 10.2 Å². The van der Waals surface area contributed by atoms with E-state index in [2.05, 4.69) is 26.5 Å². The maximum absolute atomic E-state index is 12.3. The molecule has 1 heterocycles. The molecule has 0 saturated carbocycles. The number of rotatable bonds is 7. The molecule has 1 aromatic heterocycles. The number of halogens is 2. The highest BCUT2D eigenvalue weighted by molar-refractivity contribution is 9.10. The van der Waals surface area contributed by atoms with E-state index in [1.807, 2.05) is 12.1 Å². The molecule has 2 N–H and O–H groups in total. The summed E-state index contributed by atoms with van der Waals surface area (Å²) < 4.78 is 12.1. The first-order valence-electron chi connectivity index (χ1n) is 9.66. The fourth-order valence-electron chi connectivity index (χ4n) is 3.02. The largest absolute Gasteiger partial charge is 0.487 e. The van der Waals surface area contributed by atoms with Gasteiger partial charge in [-0.3, -0.25) is 4.79 Å². The monoisotopic (exact) mass is 526 g/mol. The van der Waals surface area contributed by atoms with E-state index in [0.29, 0.717) is 27.5 Å². The van der Waals surface area contributed by atoms with Gasteiger partial charge in [-0.15, -0.1) is 0 Å². The van der Waals surface area contributed by atoms with E-state index in [1.165, 1.54) is 12.3 Å². The van der Waals surface area contributed by atoms with Gasteiger partial charge < -0.3 is 14.3 Å². The van der Waals surface area contributed by atoms with E-state index in [9.17, 15) is 9.59 Å². The second-order valence-electron chi connectivity index (χ2n) is 6.98. The van der Waals surface area contributed by atoms with E-state index in [-0.39, 0.29) is 17.9 Å². The normalized spacial score (nSPS) is 11.1. The summed E-state index contributed by atoms with van der Waals surface area (Å²) in [4.78, 5) is 23.4. The Hall–Kier alpha value is -3.62. The molecule has 0 spiro atoms. The Labute approximate surface area is 201 Å². The van der Waals surface area contributed by atoms with Gasteiger partial charge in [-0.1, -0.05) is 39.7 Å². The fourth-order valence-corrected chi connectivity index (χ4v) is 3.64. The minimum absolute atomic E-state index is 0.147. The number of hydrazone groups is 1. The van der Waals surface area contributed by atoms with Gasteiger partial charge in [0.25, 0.3) is 0 Å². The smallest absolute Gasteiger partial charge is 0.335 e. The Kier molecular flexibility index (Phi) is 6.76. The Balaban J connectivity index is 1.36. The zero-order chi connectivity index (χ0) is 23.4. The topological polar surface area (TPSA) is 101 Å². The number of carboxylic acid groups (broad SMARTS) is 1. The molecule has 0 atom stereocenters. The number of carbonyl (C=O) groups excluding carboxylic acids is 1. The van der Waals surface area contributed by atoms with Crippen molar-refractivity contribution in [3.8, 4) is 5.75 Å². The van der Waals surface area contributed by atoms with Crippen molar-refractivity contribution in [1.29, 1.82) is 0 Å². The van der Waals surface area contributed by atoms with Crippen LogP contribution in [-0.2, 0) is 6.61 Å². The molecule has 0 unspecified atom stereocenters. The number of carbonyl (C=O) groups is 2. The molecule has 7 nitrogen and oxygen atoms in total. The summed E-state index contributed by atoms with van der Waals surface area (Å²) in [5.41, 5.74) is 4.56. The lowest BCUT2D eigenvalue weighted by Crippen LogP contribution is -2.16. The highest BCUT2D eigenvalue weighted by Gasteiger charge is 2.12. The summed E-state index contributed by atoms with van der Waals surface area (Å²) in [6, 6.07) is 18.6. The summed E-state index contributed by atoms with van der Waals surface area (Å²) in [5.74, 6) is -0.895. The first-order valence-corrected chi connectivity index (χ1v) is 10.8. The van der Waals surface area contributed by atoms with Crippen molar-refractivity contribution < 1.29 is 23.8 Å². The minimum atomic E-state index is -1.00. The van der Waals surface area contributed by atoms with Gasteiger partial charge in [0, 0.05) is 9.86 Å². The number of nitrogens with zero attached hydrogens (tertiary/aromatic N) is 1. The zero-order valence-electron chi connectivity index (χ0n) is 16.9. The van der Waals surface area contributed by atoms with Crippen LogP contribution in [0.5, 0.6) is 5.75 Å². The Morgan fingerprint density at radius 3 is 2.76 bits per heavy atom. The first-order chi connectivity index (χ1) is 15.9. The van der Waals surface area contributed by atoms with Gasteiger partial charge in [0.2, 0.25) is 0 Å². The number of furan rings is 1. The highest BCUT2D eigenvalue weighted by Crippen LogP contribution is 2.26. The number of benzene rings is 3. The van der Waals surface area contributed by atoms with E-state index >= 15 is 0 Å². The predicted octanol–water partition coefficient (Wildman–Crippen LogP) is 5.89. The van der Waals surface area contributed by atoms with Crippen molar-refractivity contribution in [2.24, 2.45) is 5.10 Å². The van der Waals surface area contributed by atoms with Crippen LogP contribution < -0.4 is 10.2 Å². The standard InChI is InChI=1S/C24H16BrClN2O5/c25-18-5-7-20-17(10-18)11-22(33-20)23(29)28-27-12-14-4-6-21(19(26)9-14)32-13-15-2-1-3-16(8-15)24(30)31/h1-12H,13H2,(H,28,29)(H,30,31)/b27-12+. The molecule has 0 saturated heterocycles. The molecule has 4 aromatic rings. The van der Waals surface area contributed by atoms with Crippen LogP contribution in [-0.4, -0.2) is 23.2 Å². The molecule has 0 fully saturated rings. The first kappa shape index (κ1) is 22.6. The number of amides is 1. The SMILES string of the molecule is O=C(O)c1cccc(COc2ccc(/C=N/NC(=O)c3cc4cc(Br)ccc4o3)cc2Cl)c1. The molecule has 0 bridgehead atoms. The van der Waals surface area contributed by atoms with E-state index in [1.54, 1.807) is 48.5 Å². The molecule has 33 heavy (non-hydrogen) atoms. The van der Waals surface area contributed by atoms with Crippen molar-refractivity contribution in [2.75, 3.05) is 0 Å². The quantitative estimate of drug-likeness (QED) is 0.230. The number of carboxylic acids is 1. The van der Waals surface area contributed by atoms with E-state index in [0.717, 1.165) is 9.86 Å². The lowest BCUT2D eigenvalue weighted by molar-refractivity contribution is 0.0696. The van der Waals surface area contributed by atoms with Gasteiger partial charge in [-0.05, 0) is 65.7 Å². The van der Waals surface area contributed by atoms with Crippen LogP contribution in [0.3, 0.4) is 0 Å². The minimum Gasteiger partial charge on any atom is -0.487 e. The number of aromatic carboxylic acids is 1. The third-order valence-corrected chi connectivity index (χ3v) is 5.39. The van der Waals surface area contributed by atoms with Gasteiger partial charge in [0.05, 0.1) is 16.8 Å². The Morgan fingerprint density at radius 1 is 1.12 bits per heavy atom. The summed E-state index contributed by atoms with van der Waals surface area (Å²) in [7, 11) is 0. The van der Waals surface area contributed by atoms with Crippen LogP contribution >= 0.6 is 27.5 Å². The van der Waals surface area contributed by atoms with Crippen molar-refractivity contribution in [2.45, 2.75) is 6.61 Å². The third-order valence-electron chi connectivity index (χ3n) is 4.61. The Morgan fingerprint density at radius 2 is 1.97 bits per heavy atom. The summed E-state index contributed by atoms with van der Waals surface area (Å²) in [6.45, 7) is 0.165. The molecule has 3 aromatic carbocycles. The maximum atomic E-state index is 12.3. The average molecular weight is 528 g/mol. The maximum Gasteiger partial charge on any atom is 0.335 e. The number of fused-ring (bicyclic) bond motifs is 1. The molecule has 1 amide bonds. The fraction of sp³-hybridized carbons (Fsp3) is 0.0417. The molecular formula is C24H16BrClN2O5. The average Bonchev–Trinajstić information content (AvgIpc) is 3.22. The Bertz CT molecular complexity index is 1380. The van der Waals surface area contributed by atoms with Crippen molar-refractivity contribution >= 4 is 56.6 Å². The van der Waals surface area contributed by atoms with Gasteiger partial charge in [0.15, 0.2) is 5.76 Å². The zero-order valence-corrected chi connectivity index (χ0v) is 19.3. The van der Waals surface area contributed by atoms with Gasteiger partial charge in [0.1, 0.15) is 17.9 Å². The van der Waals surface area contributed by atoms with Crippen LogP contribution in [0.4, 0.5) is 0 Å². The second kappa shape index (κ2) is 9.89. The molecule has 166 valence electrons. The van der Waals surface area contributed by atoms with Crippen molar-refractivity contribution in [1.82, 2.24) is 5.43 Å². The summed E-state index contributed by atoms with van der Waals surface area (Å²) in [6.07, 6.45) is 1.45. The summed E-state index contributed by atoms with van der Waals surface area (Å²) >= 11 is 9.67. The lowest BCUT2D eigenvalue weighted by atomic mass is 10.1. The van der Waals surface area contributed by atoms with E-state index in [4.69, 9.17) is 25.9 Å². The molecule has 0 radical (unpaired) electrons. The molecular weight excluding hydrogens is 512 g/mol. The van der Waals surface area contributed by atoms with Gasteiger partial charge >= 0.3 is 11.9 Å². The van der Waals surface area contributed by atoms with E-state index < -0.39 is 11.9 Å². The van der Waals surface area contributed by atoms with Crippen molar-refractivity contribution in [3.05, 3.63) is 98.7 Å². The molecule has 0 aliphatic heterocycles. The molecule has 0 aliphatic rings. The number of nitrogens with one attached hydrogen (secondary N) is 1. The highest BCUT2D eigenvalue weighted by atomic mass is 79.9. The predicted molar refractivity (Wildman–Crippen MR) is 128 cm³/mol. The number of hydrogen-bond donors (Lipinski definition) is 2. The molecule has 4 rings (SSSR count). The number of ether oxygens (including phenoxy) is 1. The van der Waals surface area contributed by atoms with Gasteiger partial charge in [-0.2, -0.15) is 5.10 Å². The summed E-state index contributed by atoms with van der Waals surface area (Å²) in [5, 5.41) is 14.2. The lowest BCUT2D eigenvalue weighted by Gasteiger charge is -2.09. The molecule has 0 aliphatic carbocycles. The van der Waals surface area contributed by atoms with Crippen molar-refractivity contribution in [3.63, 3.8) is 0 Å². The van der Waals surface area contributed by atoms with Crippen LogP contribution in [0.1, 0.15) is 32.0 Å². The molecule has 9 heteroatoms. The third kappa shape index (κ3) is 5.60. The van der Waals surface area contributed by atoms with Crippen LogP contribution in [0.2, 0.25) is 5.02 Å². The van der Waals surface area contributed by atoms with Crippen LogP contribution in [0, 0.1) is 0 Å². The van der Waals surface area contributed by atoms with Crippen LogP contribution in [0.15, 0.2) is 80.7 Å². The second-order valence-corrected chi connectivity index (χ2v) is 8.30. The van der Waals surface area contributed by atoms with Crippen LogP contribution in [0.25, 0.3) is 11.0 Å².